The van der Waals surface area contributed by atoms with Gasteiger partial charge in [-0.15, -0.1) is 0 Å². The predicted molar refractivity (Wildman–Crippen MR) is 67.2 cm³/mol. The molecule has 1 saturated heterocycles. The molecule has 1 amide bonds. The van der Waals surface area contributed by atoms with Crippen molar-refractivity contribution < 1.29 is 17.6 Å². The molecule has 1 aromatic rings. The van der Waals surface area contributed by atoms with Gasteiger partial charge in [-0.05, 0) is 18.2 Å². The first kappa shape index (κ1) is 13.8. The fourth-order valence-corrected chi connectivity index (χ4v) is 3.38. The lowest BCUT2D eigenvalue weighted by atomic mass is 10.3. The number of nitrogen functional groups attached to an aromatic ring is 1. The smallest absolute Gasteiger partial charge is 0.246 e. The largest absolute Gasteiger partial charge is 0.399 e. The number of carbonyl (C=O) groups excluding carboxylic acids is 1. The van der Waals surface area contributed by atoms with Crippen molar-refractivity contribution in [3.63, 3.8) is 0 Å². The average Bonchev–Trinajstić information content (AvgIpc) is 2.57. The second-order valence-electron chi connectivity index (χ2n) is 4.19. The van der Waals surface area contributed by atoms with Gasteiger partial charge in [-0.1, -0.05) is 0 Å². The van der Waals surface area contributed by atoms with E-state index < -0.39 is 20.7 Å². The van der Waals surface area contributed by atoms with Gasteiger partial charge >= 0.3 is 0 Å². The zero-order chi connectivity index (χ0) is 14.0. The van der Waals surface area contributed by atoms with Crippen LogP contribution in [0.3, 0.4) is 0 Å². The maximum absolute atomic E-state index is 13.7. The molecule has 1 heterocycles. The number of carbonyl (C=O) groups is 1. The zero-order valence-corrected chi connectivity index (χ0v) is 10.9. The molecule has 19 heavy (non-hydrogen) atoms. The molecular weight excluding hydrogens is 273 g/mol. The minimum Gasteiger partial charge on any atom is -0.399 e. The van der Waals surface area contributed by atoms with E-state index in [1.165, 1.54) is 6.07 Å². The van der Waals surface area contributed by atoms with Crippen molar-refractivity contribution in [3.05, 3.63) is 24.0 Å². The standard InChI is InChI=1S/C11H14FN3O3S/c12-9-2-1-8(13)7-10(9)19(17,18)15-5-3-11(16)14-4-6-15/h1-2,7H,3-6,13H2,(H,14,16). The second-order valence-corrected chi connectivity index (χ2v) is 6.10. The first-order chi connectivity index (χ1) is 8.91. The van der Waals surface area contributed by atoms with Crippen LogP contribution in [0.4, 0.5) is 10.1 Å². The molecule has 1 aromatic carbocycles. The van der Waals surface area contributed by atoms with Gasteiger partial charge in [0.15, 0.2) is 0 Å². The van der Waals surface area contributed by atoms with Crippen LogP contribution in [0.5, 0.6) is 0 Å². The number of hydrogen-bond donors (Lipinski definition) is 2. The Morgan fingerprint density at radius 3 is 2.79 bits per heavy atom. The van der Waals surface area contributed by atoms with E-state index in [1.54, 1.807) is 0 Å². The lowest BCUT2D eigenvalue weighted by molar-refractivity contribution is -0.120. The number of nitrogens with one attached hydrogen (secondary N) is 1. The lowest BCUT2D eigenvalue weighted by Crippen LogP contribution is -2.34. The summed E-state index contributed by atoms with van der Waals surface area (Å²) in [7, 11) is -3.98. The zero-order valence-electron chi connectivity index (χ0n) is 10.1. The summed E-state index contributed by atoms with van der Waals surface area (Å²) < 4.78 is 39.4. The monoisotopic (exact) mass is 287 g/mol. The molecule has 0 unspecified atom stereocenters. The summed E-state index contributed by atoms with van der Waals surface area (Å²) in [4.78, 5) is 10.7. The van der Waals surface area contributed by atoms with Gasteiger partial charge in [-0.2, -0.15) is 4.31 Å². The highest BCUT2D eigenvalue weighted by Gasteiger charge is 2.29. The van der Waals surface area contributed by atoms with Gasteiger partial charge < -0.3 is 11.1 Å². The van der Waals surface area contributed by atoms with Gasteiger partial charge in [0.25, 0.3) is 0 Å². The summed E-state index contributed by atoms with van der Waals surface area (Å²) in [5.41, 5.74) is 5.66. The van der Waals surface area contributed by atoms with Gasteiger partial charge in [0, 0.05) is 31.7 Å². The normalized spacial score (nSPS) is 17.8. The SMILES string of the molecule is Nc1ccc(F)c(S(=O)(=O)N2CCNC(=O)CC2)c1. The minimum atomic E-state index is -3.98. The molecule has 1 aliphatic heterocycles. The van der Waals surface area contributed by atoms with Crippen LogP contribution in [0, 0.1) is 5.82 Å². The van der Waals surface area contributed by atoms with E-state index >= 15 is 0 Å². The summed E-state index contributed by atoms with van der Waals surface area (Å²) in [6.45, 7) is 0.354. The second kappa shape index (κ2) is 5.14. The number of nitrogens with two attached hydrogens (primary N) is 1. The van der Waals surface area contributed by atoms with Crippen LogP contribution in [0.1, 0.15) is 6.42 Å². The van der Waals surface area contributed by atoms with E-state index in [-0.39, 0.29) is 37.6 Å². The van der Waals surface area contributed by atoms with E-state index in [0.29, 0.717) is 0 Å². The van der Waals surface area contributed by atoms with Gasteiger partial charge in [0.05, 0.1) is 0 Å². The predicted octanol–water partition coefficient (Wildman–Crippen LogP) is -0.0815. The number of sulfonamides is 1. The number of benzene rings is 1. The average molecular weight is 287 g/mol. The molecule has 0 spiro atoms. The van der Waals surface area contributed by atoms with Crippen LogP contribution in [0.25, 0.3) is 0 Å². The summed E-state index contributed by atoms with van der Waals surface area (Å²) in [5.74, 6) is -1.07. The Balaban J connectivity index is 2.36. The Hall–Kier alpha value is -1.67. The molecule has 3 N–H and O–H groups in total. The number of anilines is 1. The van der Waals surface area contributed by atoms with Crippen LogP contribution >= 0.6 is 0 Å². The van der Waals surface area contributed by atoms with Crippen molar-refractivity contribution in [1.82, 2.24) is 9.62 Å². The van der Waals surface area contributed by atoms with Crippen LogP contribution < -0.4 is 11.1 Å². The first-order valence-electron chi connectivity index (χ1n) is 5.73. The molecule has 0 aromatic heterocycles. The maximum atomic E-state index is 13.7. The summed E-state index contributed by atoms with van der Waals surface area (Å²) in [6.07, 6.45) is 0.0587. The quantitative estimate of drug-likeness (QED) is 0.744. The van der Waals surface area contributed by atoms with Crippen LogP contribution in [-0.4, -0.2) is 38.3 Å². The number of halogens is 1. The Morgan fingerprint density at radius 1 is 1.32 bits per heavy atom. The third-order valence-corrected chi connectivity index (χ3v) is 4.76. The van der Waals surface area contributed by atoms with Crippen molar-refractivity contribution in [2.45, 2.75) is 11.3 Å². The summed E-state index contributed by atoms with van der Waals surface area (Å²) in [5, 5.41) is 2.56. The topological polar surface area (TPSA) is 92.5 Å². The molecule has 0 saturated carbocycles. The van der Waals surface area contributed by atoms with Gasteiger partial charge in [-0.25, -0.2) is 12.8 Å². The van der Waals surface area contributed by atoms with Crippen LogP contribution in [0.15, 0.2) is 23.1 Å². The molecule has 0 bridgehead atoms. The van der Waals surface area contributed by atoms with E-state index in [2.05, 4.69) is 5.32 Å². The summed E-state index contributed by atoms with van der Waals surface area (Å²) in [6, 6.07) is 3.40. The third kappa shape index (κ3) is 2.85. The number of amides is 1. The third-order valence-electron chi connectivity index (χ3n) is 2.84. The Morgan fingerprint density at radius 2 is 2.05 bits per heavy atom. The number of rotatable bonds is 2. The van der Waals surface area contributed by atoms with Crippen LogP contribution in [0.2, 0.25) is 0 Å². The molecule has 0 atom stereocenters. The van der Waals surface area contributed by atoms with Gasteiger partial charge in [0.1, 0.15) is 10.7 Å². The number of hydrogen-bond acceptors (Lipinski definition) is 4. The first-order valence-corrected chi connectivity index (χ1v) is 7.17. The van der Waals surface area contributed by atoms with Gasteiger partial charge in [-0.3, -0.25) is 4.79 Å². The Kier molecular flexibility index (Phi) is 3.72. The minimum absolute atomic E-state index is 0.0302. The molecule has 6 nitrogen and oxygen atoms in total. The molecule has 1 fully saturated rings. The van der Waals surface area contributed by atoms with Gasteiger partial charge in [0.2, 0.25) is 15.9 Å². The highest BCUT2D eigenvalue weighted by Crippen LogP contribution is 2.22. The van der Waals surface area contributed by atoms with Crippen molar-refractivity contribution >= 4 is 21.6 Å². The molecular formula is C11H14FN3O3S. The van der Waals surface area contributed by atoms with Crippen molar-refractivity contribution in [2.24, 2.45) is 0 Å². The van der Waals surface area contributed by atoms with E-state index in [0.717, 1.165) is 16.4 Å². The highest BCUT2D eigenvalue weighted by molar-refractivity contribution is 7.89. The summed E-state index contributed by atoms with van der Waals surface area (Å²) >= 11 is 0. The van der Waals surface area contributed by atoms with Crippen molar-refractivity contribution in [1.29, 1.82) is 0 Å². The van der Waals surface area contributed by atoms with Crippen molar-refractivity contribution in [3.8, 4) is 0 Å². The maximum Gasteiger partial charge on any atom is 0.246 e. The van der Waals surface area contributed by atoms with Crippen LogP contribution in [-0.2, 0) is 14.8 Å². The fraction of sp³-hybridized carbons (Fsp3) is 0.364. The fourth-order valence-electron chi connectivity index (χ4n) is 1.84. The van der Waals surface area contributed by atoms with E-state index in [1.807, 2.05) is 0 Å². The highest BCUT2D eigenvalue weighted by atomic mass is 32.2. The lowest BCUT2D eigenvalue weighted by Gasteiger charge is -2.19. The van der Waals surface area contributed by atoms with E-state index in [9.17, 15) is 17.6 Å². The molecule has 0 aliphatic carbocycles. The van der Waals surface area contributed by atoms with E-state index in [4.69, 9.17) is 5.73 Å². The number of nitrogens with zero attached hydrogens (tertiary/aromatic N) is 1. The van der Waals surface area contributed by atoms with Crippen molar-refractivity contribution in [2.75, 3.05) is 25.4 Å². The molecule has 8 heteroatoms. The molecule has 1 aliphatic rings. The molecule has 0 radical (unpaired) electrons. The Labute approximate surface area is 110 Å². The Bertz CT molecular complexity index is 603. The molecule has 2 rings (SSSR count). The molecule has 104 valence electrons.